The number of aromatic nitrogens is 1. The maximum atomic E-state index is 14.5. The van der Waals surface area contributed by atoms with Gasteiger partial charge >= 0.3 is 0 Å². The molecule has 0 saturated heterocycles. The molecule has 0 atom stereocenters. The van der Waals surface area contributed by atoms with E-state index in [9.17, 15) is 18.0 Å². The SMILES string of the molecule is C=C(/C=C\C(=C)C(=C)/C=C(/F)C(=C)OC)CCc1ccc(-c2ccc(=O)[nH]c2)c(F)c1F. The molecule has 1 aromatic carbocycles. The number of allylic oxidation sites excluding steroid dienone is 7. The van der Waals surface area contributed by atoms with Gasteiger partial charge in [0.2, 0.25) is 5.56 Å². The molecule has 2 aromatic rings. The van der Waals surface area contributed by atoms with Crippen LogP contribution in [0.15, 0.2) is 108 Å². The molecule has 1 aromatic heterocycles. The van der Waals surface area contributed by atoms with E-state index in [1.807, 2.05) is 0 Å². The van der Waals surface area contributed by atoms with Gasteiger partial charge in [0.1, 0.15) is 5.76 Å². The van der Waals surface area contributed by atoms with Crippen LogP contribution >= 0.6 is 0 Å². The third-order valence-electron chi connectivity index (χ3n) is 4.72. The van der Waals surface area contributed by atoms with E-state index in [4.69, 9.17) is 4.74 Å². The monoisotopic (exact) mass is 439 g/mol. The zero-order chi connectivity index (χ0) is 23.8. The van der Waals surface area contributed by atoms with Crippen molar-refractivity contribution in [1.82, 2.24) is 4.98 Å². The third-order valence-corrected chi connectivity index (χ3v) is 4.72. The van der Waals surface area contributed by atoms with Crippen LogP contribution in [-0.4, -0.2) is 12.1 Å². The summed E-state index contributed by atoms with van der Waals surface area (Å²) in [5.41, 5.74) is 1.74. The second-order valence-corrected chi connectivity index (χ2v) is 7.00. The van der Waals surface area contributed by atoms with Crippen molar-refractivity contribution in [2.75, 3.05) is 7.11 Å². The number of hydrogen-bond acceptors (Lipinski definition) is 2. The fraction of sp³-hybridized carbons (Fsp3) is 0.115. The van der Waals surface area contributed by atoms with Gasteiger partial charge in [-0.2, -0.15) is 0 Å². The van der Waals surface area contributed by atoms with Crippen molar-refractivity contribution < 1.29 is 17.9 Å². The summed E-state index contributed by atoms with van der Waals surface area (Å²) >= 11 is 0. The van der Waals surface area contributed by atoms with Gasteiger partial charge in [0.25, 0.3) is 0 Å². The number of pyridine rings is 1. The lowest BCUT2D eigenvalue weighted by atomic mass is 9.99. The molecule has 2 rings (SSSR count). The molecule has 0 aliphatic rings. The van der Waals surface area contributed by atoms with Crippen LogP contribution in [0.4, 0.5) is 13.2 Å². The predicted octanol–water partition coefficient (Wildman–Crippen LogP) is 6.49. The van der Waals surface area contributed by atoms with Crippen LogP contribution in [0, 0.1) is 11.6 Å². The third kappa shape index (κ3) is 6.35. The van der Waals surface area contributed by atoms with Crippen LogP contribution < -0.4 is 5.56 Å². The second-order valence-electron chi connectivity index (χ2n) is 7.00. The number of aryl methyl sites for hydroxylation is 1. The van der Waals surface area contributed by atoms with E-state index >= 15 is 0 Å². The van der Waals surface area contributed by atoms with Crippen molar-refractivity contribution in [3.63, 3.8) is 0 Å². The summed E-state index contributed by atoms with van der Waals surface area (Å²) in [5.74, 6) is -2.70. The van der Waals surface area contributed by atoms with E-state index in [-0.39, 0.29) is 28.9 Å². The molecule has 0 amide bonds. The molecule has 3 nitrogen and oxygen atoms in total. The molecule has 32 heavy (non-hydrogen) atoms. The first-order valence-electron chi connectivity index (χ1n) is 9.64. The Bertz CT molecular complexity index is 1170. The van der Waals surface area contributed by atoms with Crippen molar-refractivity contribution in [3.05, 3.63) is 131 Å². The Labute approximate surface area is 185 Å². The van der Waals surface area contributed by atoms with E-state index in [0.29, 0.717) is 28.7 Å². The molecule has 1 N–H and O–H groups in total. The van der Waals surface area contributed by atoms with Gasteiger partial charge in [-0.3, -0.25) is 4.79 Å². The number of aromatic amines is 1. The quantitative estimate of drug-likeness (QED) is 0.340. The molecule has 0 unspecified atom stereocenters. The molecule has 0 spiro atoms. The number of nitrogens with one attached hydrogen (secondary N) is 1. The summed E-state index contributed by atoms with van der Waals surface area (Å²) in [6.45, 7) is 14.9. The maximum absolute atomic E-state index is 14.5. The average molecular weight is 439 g/mol. The van der Waals surface area contributed by atoms with Crippen LogP contribution in [0.5, 0.6) is 0 Å². The van der Waals surface area contributed by atoms with Crippen LogP contribution in [-0.2, 0) is 11.2 Å². The van der Waals surface area contributed by atoms with E-state index in [1.165, 1.54) is 37.6 Å². The Kier molecular flexibility index (Phi) is 8.41. The summed E-state index contributed by atoms with van der Waals surface area (Å²) in [6, 6.07) is 5.65. The Balaban J connectivity index is 2.02. The minimum atomic E-state index is -0.980. The highest BCUT2D eigenvalue weighted by molar-refractivity contribution is 5.63. The van der Waals surface area contributed by atoms with Crippen LogP contribution in [0.1, 0.15) is 12.0 Å². The minimum Gasteiger partial charge on any atom is -0.494 e. The van der Waals surface area contributed by atoms with Crippen LogP contribution in [0.3, 0.4) is 0 Å². The molecule has 0 radical (unpaired) electrons. The molecule has 6 heteroatoms. The fourth-order valence-electron chi connectivity index (χ4n) is 2.71. The summed E-state index contributed by atoms with van der Waals surface area (Å²) in [7, 11) is 1.31. The summed E-state index contributed by atoms with van der Waals surface area (Å²) in [6.07, 6.45) is 6.36. The minimum absolute atomic E-state index is 0.0625. The Morgan fingerprint density at radius 2 is 1.75 bits per heavy atom. The van der Waals surface area contributed by atoms with Crippen molar-refractivity contribution in [2.45, 2.75) is 12.8 Å². The smallest absolute Gasteiger partial charge is 0.247 e. The maximum Gasteiger partial charge on any atom is 0.247 e. The van der Waals surface area contributed by atoms with Crippen LogP contribution in [0.25, 0.3) is 11.1 Å². The lowest BCUT2D eigenvalue weighted by molar-refractivity contribution is 0.285. The van der Waals surface area contributed by atoms with E-state index in [2.05, 4.69) is 31.3 Å². The van der Waals surface area contributed by atoms with Crippen molar-refractivity contribution in [1.29, 1.82) is 0 Å². The summed E-state index contributed by atoms with van der Waals surface area (Å²) in [5, 5.41) is 0. The molecule has 1 heterocycles. The Morgan fingerprint density at radius 1 is 1.03 bits per heavy atom. The van der Waals surface area contributed by atoms with E-state index in [0.717, 1.165) is 6.08 Å². The molecular formula is C26H24F3NO2. The first-order valence-corrected chi connectivity index (χ1v) is 9.64. The van der Waals surface area contributed by atoms with Gasteiger partial charge in [-0.15, -0.1) is 0 Å². The van der Waals surface area contributed by atoms with Crippen LogP contribution in [0.2, 0.25) is 0 Å². The van der Waals surface area contributed by atoms with Crippen molar-refractivity contribution in [2.24, 2.45) is 0 Å². The zero-order valence-electron chi connectivity index (χ0n) is 17.8. The summed E-state index contributed by atoms with van der Waals surface area (Å²) in [4.78, 5) is 13.6. The second kappa shape index (κ2) is 11.0. The molecule has 166 valence electrons. The molecular weight excluding hydrogens is 415 g/mol. The Morgan fingerprint density at radius 3 is 2.38 bits per heavy atom. The van der Waals surface area contributed by atoms with Gasteiger partial charge < -0.3 is 9.72 Å². The molecule has 0 aliphatic heterocycles. The van der Waals surface area contributed by atoms with Crippen molar-refractivity contribution in [3.8, 4) is 11.1 Å². The average Bonchev–Trinajstić information content (AvgIpc) is 2.78. The molecule has 0 bridgehead atoms. The van der Waals surface area contributed by atoms with E-state index in [1.54, 1.807) is 12.2 Å². The lowest BCUT2D eigenvalue weighted by Gasteiger charge is -2.09. The fourth-order valence-corrected chi connectivity index (χ4v) is 2.71. The van der Waals surface area contributed by atoms with Gasteiger partial charge in [-0.05, 0) is 41.7 Å². The number of ether oxygens (including phenoxy) is 1. The molecule has 0 fully saturated rings. The largest absolute Gasteiger partial charge is 0.494 e. The number of H-pyrrole nitrogens is 1. The topological polar surface area (TPSA) is 42.1 Å². The first-order chi connectivity index (χ1) is 15.1. The van der Waals surface area contributed by atoms with Gasteiger partial charge in [0.15, 0.2) is 17.5 Å². The van der Waals surface area contributed by atoms with E-state index < -0.39 is 17.5 Å². The summed E-state index contributed by atoms with van der Waals surface area (Å²) < 4.78 is 47.5. The molecule has 0 aliphatic carbocycles. The zero-order valence-corrected chi connectivity index (χ0v) is 17.8. The Hall–Kier alpha value is -3.80. The highest BCUT2D eigenvalue weighted by Crippen LogP contribution is 2.26. The highest BCUT2D eigenvalue weighted by Gasteiger charge is 2.15. The van der Waals surface area contributed by atoms with Crippen molar-refractivity contribution >= 4 is 0 Å². The predicted molar refractivity (Wildman–Crippen MR) is 123 cm³/mol. The lowest BCUT2D eigenvalue weighted by Crippen LogP contribution is -2.03. The number of hydrogen-bond donors (Lipinski definition) is 1. The number of methoxy groups -OCH3 is 1. The number of halogens is 3. The standard InChI is InChI=1S/C26H24F3NO2/c1-16(6-8-17(2)18(3)14-23(27)19(4)32-5)7-9-20-10-12-22(26(29)25(20)28)21-11-13-24(31)30-15-21/h6,8,10-15H,1-4,7,9H2,5H3,(H,30,31)/b8-6-,23-14+. The van der Waals surface area contributed by atoms with Gasteiger partial charge in [-0.25, -0.2) is 13.2 Å². The first kappa shape index (κ1) is 24.5. The molecule has 0 saturated carbocycles. The van der Waals surface area contributed by atoms with Gasteiger partial charge in [0.05, 0.1) is 7.11 Å². The van der Waals surface area contributed by atoms with Gasteiger partial charge in [-0.1, -0.05) is 56.2 Å². The van der Waals surface area contributed by atoms with Gasteiger partial charge in [0, 0.05) is 23.4 Å². The number of benzene rings is 1. The highest BCUT2D eigenvalue weighted by atomic mass is 19.2. The normalized spacial score (nSPS) is 11.4. The number of rotatable bonds is 10.